The molecule has 5 nitrogen and oxygen atoms in total. The first kappa shape index (κ1) is 15.4. The molecule has 2 heterocycles. The van der Waals surface area contributed by atoms with Gasteiger partial charge in [0.05, 0.1) is 6.10 Å². The summed E-state index contributed by atoms with van der Waals surface area (Å²) < 4.78 is 18.7. The molecule has 1 aliphatic rings. The predicted octanol–water partition coefficient (Wildman–Crippen LogP) is 2.87. The van der Waals surface area contributed by atoms with Crippen LogP contribution < -0.4 is 10.6 Å². The van der Waals surface area contributed by atoms with E-state index in [1.165, 1.54) is 12.1 Å². The maximum Gasteiger partial charge on any atom is 0.270 e. The number of amides is 1. The zero-order valence-electron chi connectivity index (χ0n) is 12.6. The Bertz CT molecular complexity index is 687. The zero-order valence-corrected chi connectivity index (χ0v) is 12.6. The predicted molar refractivity (Wildman–Crippen MR) is 85.2 cm³/mol. The lowest BCUT2D eigenvalue weighted by Crippen LogP contribution is -2.32. The second kappa shape index (κ2) is 7.19. The average Bonchev–Trinajstić information content (AvgIpc) is 3.06. The number of nitrogens with one attached hydrogen (secondary N) is 2. The maximum atomic E-state index is 13.2. The Hall–Kier alpha value is -2.47. The highest BCUT2D eigenvalue weighted by molar-refractivity contribution is 5.93. The molecule has 0 aliphatic carbocycles. The van der Waals surface area contributed by atoms with Gasteiger partial charge in [0.15, 0.2) is 0 Å². The van der Waals surface area contributed by atoms with Crippen LogP contribution in [-0.2, 0) is 4.74 Å². The lowest BCUT2D eigenvalue weighted by atomic mass is 10.2. The van der Waals surface area contributed by atoms with Crippen molar-refractivity contribution in [2.45, 2.75) is 18.9 Å². The summed E-state index contributed by atoms with van der Waals surface area (Å²) in [5, 5.41) is 5.88. The van der Waals surface area contributed by atoms with Gasteiger partial charge in [0.25, 0.3) is 5.91 Å². The van der Waals surface area contributed by atoms with Gasteiger partial charge in [-0.25, -0.2) is 4.39 Å². The van der Waals surface area contributed by atoms with Crippen LogP contribution in [0.3, 0.4) is 0 Å². The number of benzene rings is 1. The van der Waals surface area contributed by atoms with Crippen LogP contribution in [-0.4, -0.2) is 30.1 Å². The third kappa shape index (κ3) is 4.26. The summed E-state index contributed by atoms with van der Waals surface area (Å²) in [5.41, 5.74) is 1.60. The smallest absolute Gasteiger partial charge is 0.270 e. The SMILES string of the molecule is O=C(NCC1CCCO1)c1cc(Nc2cccc(F)c2)ccn1. The van der Waals surface area contributed by atoms with Gasteiger partial charge in [-0.05, 0) is 43.2 Å². The number of aromatic nitrogens is 1. The minimum absolute atomic E-state index is 0.0903. The number of ether oxygens (including phenoxy) is 1. The number of hydrogen-bond acceptors (Lipinski definition) is 4. The molecule has 1 atom stereocenters. The number of pyridine rings is 1. The first-order chi connectivity index (χ1) is 11.2. The largest absolute Gasteiger partial charge is 0.376 e. The van der Waals surface area contributed by atoms with Crippen LogP contribution in [0.4, 0.5) is 15.8 Å². The van der Waals surface area contributed by atoms with Crippen molar-refractivity contribution in [3.05, 3.63) is 54.1 Å². The number of carbonyl (C=O) groups excluding carboxylic acids is 1. The van der Waals surface area contributed by atoms with E-state index >= 15 is 0 Å². The van der Waals surface area contributed by atoms with Crippen LogP contribution in [0.1, 0.15) is 23.3 Å². The molecule has 0 radical (unpaired) electrons. The number of nitrogens with zero attached hydrogens (tertiary/aromatic N) is 1. The second-order valence-corrected chi connectivity index (χ2v) is 5.41. The van der Waals surface area contributed by atoms with Gasteiger partial charge in [-0.1, -0.05) is 6.07 Å². The summed E-state index contributed by atoms with van der Waals surface area (Å²) in [6.07, 6.45) is 3.64. The summed E-state index contributed by atoms with van der Waals surface area (Å²) in [6.45, 7) is 1.24. The molecule has 0 spiro atoms. The van der Waals surface area contributed by atoms with Crippen molar-refractivity contribution in [3.8, 4) is 0 Å². The highest BCUT2D eigenvalue weighted by atomic mass is 19.1. The molecule has 120 valence electrons. The first-order valence-corrected chi connectivity index (χ1v) is 7.59. The fraction of sp³-hybridized carbons (Fsp3) is 0.294. The van der Waals surface area contributed by atoms with Crippen molar-refractivity contribution in [2.75, 3.05) is 18.5 Å². The van der Waals surface area contributed by atoms with Gasteiger partial charge in [0.2, 0.25) is 0 Å². The van der Waals surface area contributed by atoms with Crippen molar-refractivity contribution < 1.29 is 13.9 Å². The van der Waals surface area contributed by atoms with Crippen molar-refractivity contribution in [1.82, 2.24) is 10.3 Å². The first-order valence-electron chi connectivity index (χ1n) is 7.59. The van der Waals surface area contributed by atoms with Crippen LogP contribution in [0.25, 0.3) is 0 Å². The Morgan fingerprint density at radius 2 is 2.17 bits per heavy atom. The van der Waals surface area contributed by atoms with Crippen LogP contribution in [0.2, 0.25) is 0 Å². The molecule has 1 fully saturated rings. The van der Waals surface area contributed by atoms with Crippen molar-refractivity contribution in [3.63, 3.8) is 0 Å². The number of hydrogen-bond donors (Lipinski definition) is 2. The van der Waals surface area contributed by atoms with Crippen LogP contribution in [0.5, 0.6) is 0 Å². The molecule has 3 rings (SSSR count). The fourth-order valence-corrected chi connectivity index (χ4v) is 2.47. The molecule has 0 bridgehead atoms. The van der Waals surface area contributed by atoms with Crippen LogP contribution in [0, 0.1) is 5.82 Å². The lowest BCUT2D eigenvalue weighted by Gasteiger charge is -2.11. The maximum absolute atomic E-state index is 13.2. The summed E-state index contributed by atoms with van der Waals surface area (Å²) in [6, 6.07) is 9.49. The van der Waals surface area contributed by atoms with Crippen LogP contribution >= 0.6 is 0 Å². The Morgan fingerprint density at radius 3 is 2.96 bits per heavy atom. The van der Waals surface area contributed by atoms with E-state index < -0.39 is 0 Å². The fourth-order valence-electron chi connectivity index (χ4n) is 2.47. The van der Waals surface area contributed by atoms with Crippen molar-refractivity contribution >= 4 is 17.3 Å². The second-order valence-electron chi connectivity index (χ2n) is 5.41. The van der Waals surface area contributed by atoms with Crippen molar-refractivity contribution in [2.24, 2.45) is 0 Å². The van der Waals surface area contributed by atoms with Gasteiger partial charge in [0, 0.05) is 30.7 Å². The Labute approximate surface area is 133 Å². The number of rotatable bonds is 5. The number of anilines is 2. The van der Waals surface area contributed by atoms with Gasteiger partial charge in [-0.15, -0.1) is 0 Å². The zero-order chi connectivity index (χ0) is 16.1. The summed E-state index contributed by atoms with van der Waals surface area (Å²) >= 11 is 0. The molecule has 1 aliphatic heterocycles. The van der Waals surface area contributed by atoms with Crippen LogP contribution in [0.15, 0.2) is 42.6 Å². The highest BCUT2D eigenvalue weighted by Gasteiger charge is 2.17. The molecular formula is C17H18FN3O2. The molecule has 1 aromatic heterocycles. The normalized spacial score (nSPS) is 17.0. The quantitative estimate of drug-likeness (QED) is 0.890. The van der Waals surface area contributed by atoms with Crippen molar-refractivity contribution in [1.29, 1.82) is 0 Å². The molecule has 0 saturated carbocycles. The van der Waals surface area contributed by atoms with E-state index in [1.54, 1.807) is 30.5 Å². The van der Waals surface area contributed by atoms with E-state index in [0.717, 1.165) is 19.4 Å². The molecule has 23 heavy (non-hydrogen) atoms. The molecule has 2 N–H and O–H groups in total. The van der Waals surface area contributed by atoms with Gasteiger partial charge in [-0.3, -0.25) is 9.78 Å². The van der Waals surface area contributed by atoms with E-state index in [9.17, 15) is 9.18 Å². The molecular weight excluding hydrogens is 297 g/mol. The standard InChI is InChI=1S/C17H18FN3O2/c18-12-3-1-4-13(9-12)21-14-6-7-19-16(10-14)17(22)20-11-15-5-2-8-23-15/h1,3-4,6-7,9-10,15H,2,5,8,11H2,(H,19,21)(H,20,22). The molecule has 1 aromatic carbocycles. The summed E-state index contributed by atoms with van der Waals surface area (Å²) in [7, 11) is 0. The summed E-state index contributed by atoms with van der Waals surface area (Å²) in [5.74, 6) is -0.568. The van der Waals surface area contributed by atoms with Gasteiger partial charge >= 0.3 is 0 Å². The minimum Gasteiger partial charge on any atom is -0.376 e. The monoisotopic (exact) mass is 315 g/mol. The summed E-state index contributed by atoms with van der Waals surface area (Å²) in [4.78, 5) is 16.2. The average molecular weight is 315 g/mol. The Balaban J connectivity index is 1.63. The highest BCUT2D eigenvalue weighted by Crippen LogP contribution is 2.17. The molecule has 6 heteroatoms. The van der Waals surface area contributed by atoms with E-state index in [2.05, 4.69) is 15.6 Å². The Morgan fingerprint density at radius 1 is 1.30 bits per heavy atom. The molecule has 1 amide bonds. The van der Waals surface area contributed by atoms with Gasteiger partial charge in [0.1, 0.15) is 11.5 Å². The molecule has 1 saturated heterocycles. The van der Waals surface area contributed by atoms with E-state index in [-0.39, 0.29) is 17.8 Å². The van der Waals surface area contributed by atoms with Gasteiger partial charge < -0.3 is 15.4 Å². The lowest BCUT2D eigenvalue weighted by molar-refractivity contribution is 0.0854. The van der Waals surface area contributed by atoms with E-state index in [1.807, 2.05) is 0 Å². The third-order valence-corrected chi connectivity index (χ3v) is 3.62. The van der Waals surface area contributed by atoms with Gasteiger partial charge in [-0.2, -0.15) is 0 Å². The number of halogens is 1. The Kier molecular flexibility index (Phi) is 4.83. The third-order valence-electron chi connectivity index (χ3n) is 3.62. The number of carbonyl (C=O) groups is 1. The molecule has 1 unspecified atom stereocenters. The topological polar surface area (TPSA) is 63.2 Å². The van der Waals surface area contributed by atoms with E-state index in [0.29, 0.717) is 23.6 Å². The van der Waals surface area contributed by atoms with E-state index in [4.69, 9.17) is 4.74 Å². The minimum atomic E-state index is -0.321. The molecule has 2 aromatic rings.